The summed E-state index contributed by atoms with van der Waals surface area (Å²) in [4.78, 5) is 0. The number of rotatable bonds is 2. The van der Waals surface area contributed by atoms with Crippen molar-refractivity contribution < 1.29 is 9.47 Å². The summed E-state index contributed by atoms with van der Waals surface area (Å²) in [6, 6.07) is 0. The van der Waals surface area contributed by atoms with Gasteiger partial charge in [0.05, 0.1) is 0 Å². The second-order valence-electron chi connectivity index (χ2n) is 9.24. The maximum atomic E-state index is 5.79. The zero-order chi connectivity index (χ0) is 17.2. The third kappa shape index (κ3) is 2.23. The molecule has 3 saturated carbocycles. The second kappa shape index (κ2) is 5.76. The summed E-state index contributed by atoms with van der Waals surface area (Å²) in [5, 5.41) is 0. The van der Waals surface area contributed by atoms with E-state index in [9.17, 15) is 0 Å². The minimum Gasteiger partial charge on any atom is -0.353 e. The molecule has 3 heteroatoms. The van der Waals surface area contributed by atoms with E-state index < -0.39 is 0 Å². The van der Waals surface area contributed by atoms with Gasteiger partial charge in [0.1, 0.15) is 0 Å². The molecule has 0 bridgehead atoms. The van der Waals surface area contributed by atoms with Gasteiger partial charge in [0.25, 0.3) is 0 Å². The van der Waals surface area contributed by atoms with E-state index in [-0.39, 0.29) is 10.5 Å². The molecule has 0 aliphatic heterocycles. The van der Waals surface area contributed by atoms with Crippen LogP contribution in [0, 0.1) is 29.1 Å². The number of fused-ring (bicyclic) bond motifs is 5. The first-order chi connectivity index (χ1) is 11.4. The second-order valence-corrected chi connectivity index (χ2v) is 10.1. The van der Waals surface area contributed by atoms with Crippen molar-refractivity contribution in [2.45, 2.75) is 75.7 Å². The molecule has 4 aliphatic rings. The molecule has 0 aromatic heterocycles. The Morgan fingerprint density at radius 2 is 1.79 bits per heavy atom. The van der Waals surface area contributed by atoms with Gasteiger partial charge >= 0.3 is 0 Å². The monoisotopic (exact) mass is 350 g/mol. The maximum absolute atomic E-state index is 5.79. The molecule has 6 atom stereocenters. The van der Waals surface area contributed by atoms with Crippen molar-refractivity contribution in [2.24, 2.45) is 29.1 Å². The molecule has 2 nitrogen and oxygen atoms in total. The fraction of sp³-hybridized carbons (Fsp3) is 0.905. The summed E-state index contributed by atoms with van der Waals surface area (Å²) in [7, 11) is 3.61. The van der Waals surface area contributed by atoms with Crippen molar-refractivity contribution in [1.29, 1.82) is 0 Å². The number of hydrogen-bond donors (Lipinski definition) is 1. The van der Waals surface area contributed by atoms with E-state index in [2.05, 4.69) is 19.9 Å². The molecule has 0 N–H and O–H groups in total. The fourth-order valence-corrected chi connectivity index (χ4v) is 7.68. The Morgan fingerprint density at radius 3 is 2.50 bits per heavy atom. The Labute approximate surface area is 153 Å². The summed E-state index contributed by atoms with van der Waals surface area (Å²) < 4.78 is 11.8. The van der Waals surface area contributed by atoms with Gasteiger partial charge in [-0.1, -0.05) is 18.6 Å². The molecule has 0 aromatic rings. The Morgan fingerprint density at radius 1 is 1.04 bits per heavy atom. The van der Waals surface area contributed by atoms with Crippen LogP contribution in [0.1, 0.15) is 65.2 Å². The van der Waals surface area contributed by atoms with E-state index >= 15 is 0 Å². The summed E-state index contributed by atoms with van der Waals surface area (Å²) in [5.41, 5.74) is 2.12. The number of hydrogen-bond acceptors (Lipinski definition) is 3. The molecule has 0 saturated heterocycles. The lowest BCUT2D eigenvalue weighted by Gasteiger charge is -2.61. The Kier molecular flexibility index (Phi) is 4.18. The summed E-state index contributed by atoms with van der Waals surface area (Å²) in [5.74, 6) is 2.78. The van der Waals surface area contributed by atoms with Crippen molar-refractivity contribution in [1.82, 2.24) is 0 Å². The first-order valence-electron chi connectivity index (χ1n) is 9.88. The number of ether oxygens (including phenoxy) is 2. The molecule has 0 amide bonds. The van der Waals surface area contributed by atoms with Gasteiger partial charge in [-0.25, -0.2) is 0 Å². The smallest absolute Gasteiger partial charge is 0.167 e. The largest absolute Gasteiger partial charge is 0.353 e. The van der Waals surface area contributed by atoms with Crippen LogP contribution in [0.2, 0.25) is 0 Å². The highest BCUT2D eigenvalue weighted by Gasteiger charge is 2.60. The Balaban J connectivity index is 1.59. The SMILES string of the molecule is COC1(OC)CCC2(S)C(CCC3C4CC=C(C)C4(C)CCC32)C1. The molecular formula is C21H34O2S. The van der Waals surface area contributed by atoms with Crippen LogP contribution < -0.4 is 0 Å². The summed E-state index contributed by atoms with van der Waals surface area (Å²) in [6.45, 7) is 4.90. The predicted molar refractivity (Wildman–Crippen MR) is 101 cm³/mol. The first kappa shape index (κ1) is 17.4. The molecule has 24 heavy (non-hydrogen) atoms. The molecule has 4 aliphatic carbocycles. The van der Waals surface area contributed by atoms with Gasteiger partial charge in [-0.3, -0.25) is 0 Å². The van der Waals surface area contributed by atoms with E-state index in [0.717, 1.165) is 37.0 Å². The number of allylic oxidation sites excluding steroid dienone is 2. The van der Waals surface area contributed by atoms with E-state index in [1.807, 2.05) is 0 Å². The average molecular weight is 351 g/mol. The molecule has 0 radical (unpaired) electrons. The molecule has 3 fully saturated rings. The van der Waals surface area contributed by atoms with Gasteiger partial charge in [-0.2, -0.15) is 12.6 Å². The molecule has 0 aromatic carbocycles. The highest BCUT2D eigenvalue weighted by atomic mass is 32.1. The standard InChI is InChI=1S/C21H34O2S/c1-14-5-8-17-16-7-6-15-13-20(22-3,23-4)11-12-21(15,24)18(16)9-10-19(14,17)2/h5,15-18,24H,6-13H2,1-4H3. The third-order valence-electron chi connectivity index (χ3n) is 8.81. The van der Waals surface area contributed by atoms with Gasteiger partial charge < -0.3 is 9.47 Å². The van der Waals surface area contributed by atoms with Crippen molar-refractivity contribution in [3.63, 3.8) is 0 Å². The third-order valence-corrected chi connectivity index (χ3v) is 9.73. The van der Waals surface area contributed by atoms with Crippen LogP contribution in [-0.4, -0.2) is 24.8 Å². The van der Waals surface area contributed by atoms with Gasteiger partial charge in [0.15, 0.2) is 5.79 Å². The summed E-state index contributed by atoms with van der Waals surface area (Å²) >= 11 is 5.41. The highest BCUT2D eigenvalue weighted by molar-refractivity contribution is 7.81. The molecule has 136 valence electrons. The van der Waals surface area contributed by atoms with Crippen LogP contribution in [-0.2, 0) is 9.47 Å². The molecular weight excluding hydrogens is 316 g/mol. The quantitative estimate of drug-likeness (QED) is 0.417. The van der Waals surface area contributed by atoms with Gasteiger partial charge in [-0.05, 0) is 74.5 Å². The minimum atomic E-state index is -0.363. The van der Waals surface area contributed by atoms with Crippen LogP contribution in [0.5, 0.6) is 0 Å². The van der Waals surface area contributed by atoms with Crippen LogP contribution in [0.4, 0.5) is 0 Å². The molecule has 0 heterocycles. The normalized spacial score (nSPS) is 49.8. The maximum Gasteiger partial charge on any atom is 0.167 e. The van der Waals surface area contributed by atoms with E-state index in [1.54, 1.807) is 19.8 Å². The fourth-order valence-electron chi connectivity index (χ4n) is 7.03. The van der Waals surface area contributed by atoms with Gasteiger partial charge in [0, 0.05) is 31.8 Å². The summed E-state index contributed by atoms with van der Waals surface area (Å²) in [6.07, 6.45) is 12.4. The van der Waals surface area contributed by atoms with Crippen LogP contribution in [0.15, 0.2) is 11.6 Å². The predicted octanol–water partition coefficient (Wildman–Crippen LogP) is 5.24. The lowest BCUT2D eigenvalue weighted by molar-refractivity contribution is -0.242. The lowest BCUT2D eigenvalue weighted by atomic mass is 9.49. The van der Waals surface area contributed by atoms with Crippen LogP contribution in [0.3, 0.4) is 0 Å². The zero-order valence-corrected chi connectivity index (χ0v) is 16.7. The lowest BCUT2D eigenvalue weighted by Crippen LogP contribution is -2.58. The van der Waals surface area contributed by atoms with E-state index in [4.69, 9.17) is 22.1 Å². The topological polar surface area (TPSA) is 18.5 Å². The van der Waals surface area contributed by atoms with Crippen LogP contribution >= 0.6 is 12.6 Å². The number of thiol groups is 1. The Bertz CT molecular complexity index is 540. The Hall–Kier alpha value is 0.01000. The first-order valence-corrected chi connectivity index (χ1v) is 10.3. The highest BCUT2D eigenvalue weighted by Crippen LogP contribution is 2.65. The van der Waals surface area contributed by atoms with Gasteiger partial charge in [-0.15, -0.1) is 0 Å². The van der Waals surface area contributed by atoms with E-state index in [1.165, 1.54) is 32.1 Å². The van der Waals surface area contributed by atoms with E-state index in [0.29, 0.717) is 11.3 Å². The minimum absolute atomic E-state index is 0.196. The van der Waals surface area contributed by atoms with Crippen molar-refractivity contribution in [3.05, 3.63) is 11.6 Å². The number of methoxy groups -OCH3 is 2. The molecule has 0 spiro atoms. The molecule has 4 rings (SSSR count). The van der Waals surface area contributed by atoms with Crippen molar-refractivity contribution >= 4 is 12.6 Å². The van der Waals surface area contributed by atoms with Gasteiger partial charge in [0.2, 0.25) is 0 Å². The average Bonchev–Trinajstić information content (AvgIpc) is 2.90. The zero-order valence-electron chi connectivity index (χ0n) is 15.8. The van der Waals surface area contributed by atoms with Crippen molar-refractivity contribution in [3.8, 4) is 0 Å². The molecule has 6 unspecified atom stereocenters. The van der Waals surface area contributed by atoms with Crippen LogP contribution in [0.25, 0.3) is 0 Å². The van der Waals surface area contributed by atoms with Crippen molar-refractivity contribution in [2.75, 3.05) is 14.2 Å².